The van der Waals surface area contributed by atoms with Crippen LogP contribution in [0.3, 0.4) is 0 Å². The van der Waals surface area contributed by atoms with Crippen molar-refractivity contribution >= 4 is 33.4 Å². The maximum absolute atomic E-state index is 12.5. The molecule has 1 aromatic heterocycles. The molecule has 29 heavy (non-hydrogen) atoms. The number of amides is 3. The molecule has 0 bridgehead atoms. The lowest BCUT2D eigenvalue weighted by molar-refractivity contribution is -0.126. The monoisotopic (exact) mass is 413 g/mol. The van der Waals surface area contributed by atoms with Gasteiger partial charge in [-0.3, -0.25) is 4.79 Å². The van der Waals surface area contributed by atoms with Crippen molar-refractivity contribution in [3.05, 3.63) is 35.2 Å². The van der Waals surface area contributed by atoms with E-state index in [1.807, 2.05) is 4.90 Å². The molecule has 1 aliphatic heterocycles. The molecular formula is C23H31N3O2S. The van der Waals surface area contributed by atoms with Gasteiger partial charge in [0.05, 0.1) is 0 Å². The van der Waals surface area contributed by atoms with Gasteiger partial charge in [0.1, 0.15) is 0 Å². The van der Waals surface area contributed by atoms with Crippen LogP contribution in [0.15, 0.2) is 29.6 Å². The van der Waals surface area contributed by atoms with Crippen molar-refractivity contribution in [2.45, 2.75) is 57.4 Å². The Morgan fingerprint density at radius 1 is 1.03 bits per heavy atom. The Morgan fingerprint density at radius 2 is 1.79 bits per heavy atom. The van der Waals surface area contributed by atoms with Gasteiger partial charge >= 0.3 is 6.03 Å². The molecule has 1 aromatic carbocycles. The van der Waals surface area contributed by atoms with Gasteiger partial charge < -0.3 is 15.5 Å². The molecule has 0 unspecified atom stereocenters. The molecule has 2 heterocycles. The van der Waals surface area contributed by atoms with Crippen molar-refractivity contribution in [3.8, 4) is 0 Å². The molecule has 5 nitrogen and oxygen atoms in total. The summed E-state index contributed by atoms with van der Waals surface area (Å²) in [7, 11) is 0. The number of piperidine rings is 1. The zero-order chi connectivity index (χ0) is 20.1. The second-order valence-electron chi connectivity index (χ2n) is 8.34. The van der Waals surface area contributed by atoms with Crippen LogP contribution in [0.4, 0.5) is 4.79 Å². The van der Waals surface area contributed by atoms with E-state index >= 15 is 0 Å². The van der Waals surface area contributed by atoms with E-state index in [2.05, 4.69) is 40.3 Å². The summed E-state index contributed by atoms with van der Waals surface area (Å²) in [6.45, 7) is 2.07. The number of carbonyl (C=O) groups excluding carboxylic acids is 2. The molecule has 1 saturated heterocycles. The molecule has 2 N–H and O–H groups in total. The fraction of sp³-hybridized carbons (Fsp3) is 0.565. The Kier molecular flexibility index (Phi) is 6.70. The van der Waals surface area contributed by atoms with Crippen molar-refractivity contribution in [2.75, 3.05) is 19.6 Å². The van der Waals surface area contributed by atoms with E-state index in [0.717, 1.165) is 32.1 Å². The van der Waals surface area contributed by atoms with E-state index in [1.165, 1.54) is 34.9 Å². The Bertz CT molecular complexity index is 836. The predicted molar refractivity (Wildman–Crippen MR) is 118 cm³/mol. The number of nitrogens with one attached hydrogen (secondary N) is 2. The second-order valence-corrected chi connectivity index (χ2v) is 9.26. The number of hydrogen-bond donors (Lipinski definition) is 2. The third-order valence-electron chi connectivity index (χ3n) is 6.34. The van der Waals surface area contributed by atoms with Gasteiger partial charge in [-0.25, -0.2) is 4.79 Å². The standard InChI is InChI=1S/C23H31N3O2S/c27-22(17-6-2-1-3-7-17)25-19-11-14-26(15-12-19)23(28)24-13-10-18-16-29-21-9-5-4-8-20(18)21/h4-5,8-9,16-17,19H,1-3,6-7,10-15H2,(H,24,28)(H,25,27). The van der Waals surface area contributed by atoms with E-state index in [1.54, 1.807) is 11.3 Å². The molecule has 2 aliphatic rings. The molecule has 0 spiro atoms. The first-order valence-corrected chi connectivity index (χ1v) is 11.9. The smallest absolute Gasteiger partial charge is 0.317 e. The zero-order valence-electron chi connectivity index (χ0n) is 17.0. The molecule has 2 aromatic rings. The maximum Gasteiger partial charge on any atom is 0.317 e. The highest BCUT2D eigenvalue weighted by molar-refractivity contribution is 7.17. The lowest BCUT2D eigenvalue weighted by atomic mass is 9.88. The number of nitrogens with zero attached hydrogens (tertiary/aromatic N) is 1. The number of likely N-dealkylation sites (tertiary alicyclic amines) is 1. The van der Waals surface area contributed by atoms with Crippen molar-refractivity contribution < 1.29 is 9.59 Å². The summed E-state index contributed by atoms with van der Waals surface area (Å²) in [5.74, 6) is 0.439. The van der Waals surface area contributed by atoms with E-state index in [-0.39, 0.29) is 23.9 Å². The van der Waals surface area contributed by atoms with Crippen LogP contribution in [0.2, 0.25) is 0 Å². The molecule has 1 aliphatic carbocycles. The first-order chi connectivity index (χ1) is 14.2. The number of urea groups is 1. The number of hydrogen-bond acceptors (Lipinski definition) is 3. The number of carbonyl (C=O) groups is 2. The van der Waals surface area contributed by atoms with Crippen LogP contribution >= 0.6 is 11.3 Å². The van der Waals surface area contributed by atoms with Gasteiger partial charge in [-0.1, -0.05) is 37.5 Å². The van der Waals surface area contributed by atoms with Gasteiger partial charge in [-0.05, 0) is 54.5 Å². The normalized spacial score (nSPS) is 18.7. The molecule has 6 heteroatoms. The summed E-state index contributed by atoms with van der Waals surface area (Å²) in [6.07, 6.45) is 8.24. The summed E-state index contributed by atoms with van der Waals surface area (Å²) >= 11 is 1.76. The molecular weight excluding hydrogens is 382 g/mol. The average Bonchev–Trinajstić information content (AvgIpc) is 3.18. The highest BCUT2D eigenvalue weighted by Gasteiger charge is 2.27. The molecule has 0 atom stereocenters. The lowest BCUT2D eigenvalue weighted by Gasteiger charge is -2.33. The van der Waals surface area contributed by atoms with Gasteiger partial charge in [-0.2, -0.15) is 0 Å². The van der Waals surface area contributed by atoms with E-state index in [0.29, 0.717) is 19.6 Å². The number of rotatable bonds is 5. The number of benzene rings is 1. The quantitative estimate of drug-likeness (QED) is 0.767. The lowest BCUT2D eigenvalue weighted by Crippen LogP contribution is -2.50. The van der Waals surface area contributed by atoms with Crippen molar-refractivity contribution in [3.63, 3.8) is 0 Å². The Labute approximate surface area is 176 Å². The minimum absolute atomic E-state index is 0.0154. The van der Waals surface area contributed by atoms with Crippen LogP contribution in [0.25, 0.3) is 10.1 Å². The Hall–Kier alpha value is -2.08. The summed E-state index contributed by atoms with van der Waals surface area (Å²) in [5, 5.41) is 9.78. The molecule has 0 radical (unpaired) electrons. The Morgan fingerprint density at radius 3 is 2.59 bits per heavy atom. The summed E-state index contributed by atoms with van der Waals surface area (Å²) in [5.41, 5.74) is 1.30. The minimum atomic E-state index is 0.0154. The minimum Gasteiger partial charge on any atom is -0.353 e. The first-order valence-electron chi connectivity index (χ1n) is 11.0. The zero-order valence-corrected chi connectivity index (χ0v) is 17.8. The van der Waals surface area contributed by atoms with E-state index in [4.69, 9.17) is 0 Å². The van der Waals surface area contributed by atoms with Crippen LogP contribution < -0.4 is 10.6 Å². The third kappa shape index (κ3) is 5.10. The van der Waals surface area contributed by atoms with Gasteiger partial charge in [-0.15, -0.1) is 11.3 Å². The van der Waals surface area contributed by atoms with Crippen LogP contribution in [0.1, 0.15) is 50.5 Å². The largest absolute Gasteiger partial charge is 0.353 e. The van der Waals surface area contributed by atoms with Crippen molar-refractivity contribution in [1.29, 1.82) is 0 Å². The fourth-order valence-electron chi connectivity index (χ4n) is 4.55. The van der Waals surface area contributed by atoms with Gasteiger partial charge in [0, 0.05) is 36.3 Å². The number of fused-ring (bicyclic) bond motifs is 1. The van der Waals surface area contributed by atoms with E-state index in [9.17, 15) is 9.59 Å². The molecule has 2 fully saturated rings. The molecule has 1 saturated carbocycles. The van der Waals surface area contributed by atoms with Crippen LogP contribution in [-0.4, -0.2) is 42.5 Å². The highest BCUT2D eigenvalue weighted by Crippen LogP contribution is 2.26. The van der Waals surface area contributed by atoms with Gasteiger partial charge in [0.2, 0.25) is 5.91 Å². The topological polar surface area (TPSA) is 61.4 Å². The number of thiophene rings is 1. The maximum atomic E-state index is 12.5. The fourth-order valence-corrected chi connectivity index (χ4v) is 5.55. The van der Waals surface area contributed by atoms with E-state index < -0.39 is 0 Å². The Balaban J connectivity index is 1.17. The predicted octanol–water partition coefficient (Wildman–Crippen LogP) is 4.31. The molecule has 4 rings (SSSR count). The summed E-state index contributed by atoms with van der Waals surface area (Å²) in [6, 6.07) is 8.64. The summed E-state index contributed by atoms with van der Waals surface area (Å²) in [4.78, 5) is 26.8. The van der Waals surface area contributed by atoms with Crippen molar-refractivity contribution in [2.24, 2.45) is 5.92 Å². The van der Waals surface area contributed by atoms with Crippen LogP contribution in [0, 0.1) is 5.92 Å². The summed E-state index contributed by atoms with van der Waals surface area (Å²) < 4.78 is 1.30. The highest BCUT2D eigenvalue weighted by atomic mass is 32.1. The SMILES string of the molecule is O=C(NC1CCN(C(=O)NCCc2csc3ccccc23)CC1)C1CCCCC1. The first kappa shape index (κ1) is 20.2. The third-order valence-corrected chi connectivity index (χ3v) is 7.35. The second kappa shape index (κ2) is 9.61. The van der Waals surface area contributed by atoms with Crippen molar-refractivity contribution in [1.82, 2.24) is 15.5 Å². The average molecular weight is 414 g/mol. The van der Waals surface area contributed by atoms with Gasteiger partial charge in [0.15, 0.2) is 0 Å². The molecule has 156 valence electrons. The van der Waals surface area contributed by atoms with Crippen LogP contribution in [0.5, 0.6) is 0 Å². The van der Waals surface area contributed by atoms with Crippen LogP contribution in [-0.2, 0) is 11.2 Å². The molecule has 3 amide bonds. The van der Waals surface area contributed by atoms with Gasteiger partial charge in [0.25, 0.3) is 0 Å².